The van der Waals surface area contributed by atoms with Crippen LogP contribution in [0.25, 0.3) is 16.3 Å². The molecule has 0 saturated carbocycles. The minimum atomic E-state index is -4.31. The Morgan fingerprint density at radius 1 is 0.864 bits per heavy atom. The Morgan fingerprint density at radius 2 is 1.73 bits per heavy atom. The number of allylic oxidation sites excluding steroid dienone is 4. The summed E-state index contributed by atoms with van der Waals surface area (Å²) in [4.78, 5) is 0. The Bertz CT molecular complexity index is 822. The summed E-state index contributed by atoms with van der Waals surface area (Å²) in [6.45, 7) is 0. The van der Waals surface area contributed by atoms with E-state index in [2.05, 4.69) is 12.2 Å². The van der Waals surface area contributed by atoms with Crippen LogP contribution in [0.5, 0.6) is 0 Å². The predicted octanol–water partition coefficient (Wildman–Crippen LogP) is 5.91. The summed E-state index contributed by atoms with van der Waals surface area (Å²) in [5, 5.41) is 1.07. The van der Waals surface area contributed by atoms with Gasteiger partial charge in [-0.2, -0.15) is 13.2 Å². The molecule has 0 fully saturated rings. The van der Waals surface area contributed by atoms with E-state index in [0.717, 1.165) is 42.2 Å². The molecule has 0 nitrogen and oxygen atoms in total. The molecule has 2 aliphatic carbocycles. The van der Waals surface area contributed by atoms with Gasteiger partial charge >= 0.3 is 6.18 Å². The highest BCUT2D eigenvalue weighted by Gasteiger charge is 2.33. The van der Waals surface area contributed by atoms with E-state index in [1.165, 1.54) is 23.3 Å². The summed E-state index contributed by atoms with van der Waals surface area (Å²) in [7, 11) is 0. The molecule has 3 heteroatoms. The summed E-state index contributed by atoms with van der Waals surface area (Å²) in [5.74, 6) is 0. The van der Waals surface area contributed by atoms with Crippen LogP contribution in [0.2, 0.25) is 0 Å². The number of halogens is 3. The van der Waals surface area contributed by atoms with Gasteiger partial charge in [0, 0.05) is 0 Å². The lowest BCUT2D eigenvalue weighted by atomic mass is 9.79. The van der Waals surface area contributed by atoms with E-state index in [0.29, 0.717) is 5.39 Å². The normalized spacial score (nSPS) is 17.6. The maximum atomic E-state index is 13.2. The minimum absolute atomic E-state index is 0.317. The van der Waals surface area contributed by atoms with Crippen LogP contribution >= 0.6 is 0 Å². The molecule has 2 aromatic carbocycles. The van der Waals surface area contributed by atoms with Gasteiger partial charge in [-0.15, -0.1) is 0 Å². The van der Waals surface area contributed by atoms with Gasteiger partial charge in [-0.25, -0.2) is 0 Å². The van der Waals surface area contributed by atoms with Gasteiger partial charge < -0.3 is 0 Å². The lowest BCUT2D eigenvalue weighted by Crippen LogP contribution is -2.09. The van der Waals surface area contributed by atoms with Crippen molar-refractivity contribution in [1.82, 2.24) is 0 Å². The fourth-order valence-electron chi connectivity index (χ4n) is 3.72. The summed E-state index contributed by atoms with van der Waals surface area (Å²) >= 11 is 0. The Labute approximate surface area is 127 Å². The van der Waals surface area contributed by atoms with Gasteiger partial charge in [0.05, 0.1) is 5.56 Å². The van der Waals surface area contributed by atoms with Gasteiger partial charge in [0.1, 0.15) is 0 Å². The molecule has 4 rings (SSSR count). The molecule has 0 bridgehead atoms. The van der Waals surface area contributed by atoms with Crippen LogP contribution in [0.1, 0.15) is 36.0 Å². The summed E-state index contributed by atoms with van der Waals surface area (Å²) in [6.07, 6.45) is 3.92. The number of hydrogen-bond donors (Lipinski definition) is 0. The summed E-state index contributed by atoms with van der Waals surface area (Å²) < 4.78 is 39.6. The van der Waals surface area contributed by atoms with Crippen molar-refractivity contribution >= 4 is 16.3 Å². The SMILES string of the molecule is FC(F)(F)c1cccc2c3c(ccc12)C1=C(CCC=C1)CC3. The molecule has 2 aromatic rings. The van der Waals surface area contributed by atoms with E-state index in [4.69, 9.17) is 0 Å². The van der Waals surface area contributed by atoms with Crippen LogP contribution in [0.15, 0.2) is 48.1 Å². The van der Waals surface area contributed by atoms with Crippen LogP contribution < -0.4 is 0 Å². The topological polar surface area (TPSA) is 0 Å². The predicted molar refractivity (Wildman–Crippen MR) is 82.6 cm³/mol. The largest absolute Gasteiger partial charge is 0.417 e. The third kappa shape index (κ3) is 1.99. The molecule has 0 amide bonds. The molecule has 0 atom stereocenters. The van der Waals surface area contributed by atoms with Crippen molar-refractivity contribution in [1.29, 1.82) is 0 Å². The molecule has 0 heterocycles. The quantitative estimate of drug-likeness (QED) is 0.567. The molecule has 0 aromatic heterocycles. The molecule has 0 spiro atoms. The zero-order chi connectivity index (χ0) is 15.3. The van der Waals surface area contributed by atoms with Crippen LogP contribution in [0.3, 0.4) is 0 Å². The van der Waals surface area contributed by atoms with Gasteiger partial charge in [-0.3, -0.25) is 0 Å². The second-order valence-corrected chi connectivity index (χ2v) is 5.95. The van der Waals surface area contributed by atoms with Crippen molar-refractivity contribution in [3.05, 3.63) is 64.7 Å². The lowest BCUT2D eigenvalue weighted by Gasteiger charge is -2.26. The average molecular weight is 300 g/mol. The molecule has 0 aliphatic heterocycles. The molecular weight excluding hydrogens is 285 g/mol. The van der Waals surface area contributed by atoms with E-state index < -0.39 is 11.7 Å². The summed E-state index contributed by atoms with van der Waals surface area (Å²) in [6, 6.07) is 8.02. The molecule has 22 heavy (non-hydrogen) atoms. The smallest absolute Gasteiger partial charge is 0.166 e. The van der Waals surface area contributed by atoms with Gasteiger partial charge in [0.2, 0.25) is 0 Å². The lowest BCUT2D eigenvalue weighted by molar-refractivity contribution is -0.136. The molecular formula is C19H15F3. The Hall–Kier alpha value is -2.03. The summed E-state index contributed by atoms with van der Waals surface area (Å²) in [5.41, 5.74) is 4.32. The van der Waals surface area contributed by atoms with E-state index in [1.54, 1.807) is 6.07 Å². The second-order valence-electron chi connectivity index (χ2n) is 5.95. The number of rotatable bonds is 0. The van der Waals surface area contributed by atoms with E-state index >= 15 is 0 Å². The van der Waals surface area contributed by atoms with Gasteiger partial charge in [0.15, 0.2) is 0 Å². The van der Waals surface area contributed by atoms with Crippen molar-refractivity contribution in [3.63, 3.8) is 0 Å². The first-order chi connectivity index (χ1) is 10.6. The first kappa shape index (κ1) is 13.6. The van der Waals surface area contributed by atoms with E-state index in [9.17, 15) is 13.2 Å². The molecule has 2 aliphatic rings. The highest BCUT2D eigenvalue weighted by Crippen LogP contribution is 2.42. The maximum absolute atomic E-state index is 13.2. The monoisotopic (exact) mass is 300 g/mol. The number of fused-ring (bicyclic) bond motifs is 4. The van der Waals surface area contributed by atoms with Crippen LogP contribution in [0, 0.1) is 0 Å². The third-order valence-corrected chi connectivity index (χ3v) is 4.72. The van der Waals surface area contributed by atoms with Crippen LogP contribution in [0.4, 0.5) is 13.2 Å². The van der Waals surface area contributed by atoms with Crippen molar-refractivity contribution < 1.29 is 13.2 Å². The van der Waals surface area contributed by atoms with Gasteiger partial charge in [-0.05, 0) is 59.2 Å². The van der Waals surface area contributed by atoms with Gasteiger partial charge in [-0.1, -0.05) is 42.0 Å². The van der Waals surface area contributed by atoms with Crippen molar-refractivity contribution in [2.45, 2.75) is 31.9 Å². The first-order valence-corrected chi connectivity index (χ1v) is 7.56. The zero-order valence-electron chi connectivity index (χ0n) is 12.0. The van der Waals surface area contributed by atoms with Crippen molar-refractivity contribution in [2.24, 2.45) is 0 Å². The Balaban J connectivity index is 1.99. The fraction of sp³-hybridized carbons (Fsp3) is 0.263. The van der Waals surface area contributed by atoms with Gasteiger partial charge in [0.25, 0.3) is 0 Å². The maximum Gasteiger partial charge on any atom is 0.417 e. The molecule has 112 valence electrons. The fourth-order valence-corrected chi connectivity index (χ4v) is 3.72. The highest BCUT2D eigenvalue weighted by molar-refractivity contribution is 5.95. The first-order valence-electron chi connectivity index (χ1n) is 7.56. The van der Waals surface area contributed by atoms with E-state index in [-0.39, 0.29) is 0 Å². The standard InChI is InChI=1S/C19H15F3/c20-19(21,22)18-7-3-6-14-16-9-8-12-4-1-2-5-13(12)15(16)10-11-17(14)18/h2-3,5-7,10-11H,1,4,8-9H2. The third-order valence-electron chi connectivity index (χ3n) is 4.72. The molecule has 0 unspecified atom stereocenters. The Kier molecular flexibility index (Phi) is 2.93. The second kappa shape index (κ2) is 4.73. The zero-order valence-corrected chi connectivity index (χ0v) is 12.0. The van der Waals surface area contributed by atoms with Crippen molar-refractivity contribution in [2.75, 3.05) is 0 Å². The van der Waals surface area contributed by atoms with Crippen molar-refractivity contribution in [3.8, 4) is 0 Å². The number of hydrogen-bond acceptors (Lipinski definition) is 0. The number of benzene rings is 2. The Morgan fingerprint density at radius 3 is 2.55 bits per heavy atom. The minimum Gasteiger partial charge on any atom is -0.166 e. The average Bonchev–Trinajstić information content (AvgIpc) is 2.52. The molecule has 0 N–H and O–H groups in total. The molecule has 0 saturated heterocycles. The molecule has 0 radical (unpaired) electrons. The number of alkyl halides is 3. The highest BCUT2D eigenvalue weighted by atomic mass is 19.4. The number of aryl methyl sites for hydroxylation is 1. The van der Waals surface area contributed by atoms with Crippen LogP contribution in [-0.2, 0) is 12.6 Å². The van der Waals surface area contributed by atoms with Crippen LogP contribution in [-0.4, -0.2) is 0 Å². The van der Waals surface area contributed by atoms with E-state index in [1.807, 2.05) is 12.1 Å².